The summed E-state index contributed by atoms with van der Waals surface area (Å²) in [6.45, 7) is 0. The SMILES string of the molecule is NC(=O)CC(NC(=O)C1CC2CCC1N2)C(=O)O. The van der Waals surface area contributed by atoms with Crippen LogP contribution in [-0.4, -0.2) is 41.0 Å². The van der Waals surface area contributed by atoms with Gasteiger partial charge in [0, 0.05) is 12.1 Å². The summed E-state index contributed by atoms with van der Waals surface area (Å²) in [4.78, 5) is 33.6. The second-order valence-corrected chi connectivity index (χ2v) is 4.96. The normalized spacial score (nSPS) is 31.0. The molecule has 2 aliphatic rings. The molecule has 5 N–H and O–H groups in total. The molecule has 7 heteroatoms. The lowest BCUT2D eigenvalue weighted by Gasteiger charge is -2.21. The van der Waals surface area contributed by atoms with Gasteiger partial charge in [0.25, 0.3) is 0 Å². The Kier molecular flexibility index (Phi) is 3.51. The van der Waals surface area contributed by atoms with Gasteiger partial charge in [-0.2, -0.15) is 0 Å². The summed E-state index contributed by atoms with van der Waals surface area (Å²) in [7, 11) is 0. The first-order chi connectivity index (χ1) is 8.47. The van der Waals surface area contributed by atoms with Gasteiger partial charge in [-0.25, -0.2) is 4.79 Å². The van der Waals surface area contributed by atoms with Gasteiger partial charge in [0.05, 0.1) is 12.3 Å². The largest absolute Gasteiger partial charge is 0.480 e. The summed E-state index contributed by atoms with van der Waals surface area (Å²) in [5, 5.41) is 14.6. The third-order valence-corrected chi connectivity index (χ3v) is 3.66. The standard InChI is InChI=1S/C11H17N3O4/c12-9(15)4-8(11(17)18)14-10(16)6-3-5-1-2-7(6)13-5/h5-8,13H,1-4H2,(H2,12,15)(H,14,16)(H,17,18). The highest BCUT2D eigenvalue weighted by atomic mass is 16.4. The van der Waals surface area contributed by atoms with Crippen molar-refractivity contribution in [2.45, 2.75) is 43.8 Å². The number of nitrogens with two attached hydrogens (primary N) is 1. The predicted octanol–water partition coefficient (Wildman–Crippen LogP) is -1.43. The summed E-state index contributed by atoms with van der Waals surface area (Å²) in [6, 6.07) is -0.725. The zero-order chi connectivity index (χ0) is 13.3. The van der Waals surface area contributed by atoms with Gasteiger partial charge in [0.2, 0.25) is 11.8 Å². The maximum Gasteiger partial charge on any atom is 0.326 e. The number of hydrogen-bond acceptors (Lipinski definition) is 4. The zero-order valence-corrected chi connectivity index (χ0v) is 9.89. The number of primary amides is 1. The number of amides is 2. The van der Waals surface area contributed by atoms with E-state index in [1.54, 1.807) is 0 Å². The van der Waals surface area contributed by atoms with E-state index < -0.39 is 17.9 Å². The lowest BCUT2D eigenvalue weighted by molar-refractivity contribution is -0.144. The monoisotopic (exact) mass is 255 g/mol. The second-order valence-electron chi connectivity index (χ2n) is 4.96. The molecule has 2 rings (SSSR count). The van der Waals surface area contributed by atoms with Crippen LogP contribution < -0.4 is 16.4 Å². The molecule has 2 heterocycles. The first-order valence-corrected chi connectivity index (χ1v) is 6.05. The molecule has 7 nitrogen and oxygen atoms in total. The van der Waals surface area contributed by atoms with E-state index in [9.17, 15) is 14.4 Å². The fourth-order valence-electron chi connectivity index (χ4n) is 2.79. The van der Waals surface area contributed by atoms with Crippen LogP contribution >= 0.6 is 0 Å². The van der Waals surface area contributed by atoms with Crippen molar-refractivity contribution >= 4 is 17.8 Å². The Morgan fingerprint density at radius 3 is 2.56 bits per heavy atom. The van der Waals surface area contributed by atoms with Crippen molar-refractivity contribution in [3.05, 3.63) is 0 Å². The number of fused-ring (bicyclic) bond motifs is 2. The van der Waals surface area contributed by atoms with Crippen molar-refractivity contribution in [1.82, 2.24) is 10.6 Å². The van der Waals surface area contributed by atoms with Gasteiger partial charge < -0.3 is 21.5 Å². The molecule has 2 aliphatic heterocycles. The third kappa shape index (κ3) is 2.61. The first kappa shape index (κ1) is 12.8. The quantitative estimate of drug-likeness (QED) is 0.480. The van der Waals surface area contributed by atoms with E-state index >= 15 is 0 Å². The van der Waals surface area contributed by atoms with E-state index in [0.717, 1.165) is 19.3 Å². The summed E-state index contributed by atoms with van der Waals surface area (Å²) in [6.07, 6.45) is 2.36. The van der Waals surface area contributed by atoms with Gasteiger partial charge in [-0.05, 0) is 19.3 Å². The maximum atomic E-state index is 12.0. The first-order valence-electron chi connectivity index (χ1n) is 6.05. The van der Waals surface area contributed by atoms with Crippen LogP contribution in [0.3, 0.4) is 0 Å². The van der Waals surface area contributed by atoms with E-state index in [1.807, 2.05) is 0 Å². The number of nitrogens with one attached hydrogen (secondary N) is 2. The summed E-state index contributed by atoms with van der Waals surface area (Å²) in [5.41, 5.74) is 4.95. The van der Waals surface area contributed by atoms with E-state index in [-0.39, 0.29) is 24.3 Å². The molecule has 0 spiro atoms. The van der Waals surface area contributed by atoms with Crippen LogP contribution in [-0.2, 0) is 14.4 Å². The van der Waals surface area contributed by atoms with Gasteiger partial charge in [-0.3, -0.25) is 9.59 Å². The molecule has 4 atom stereocenters. The molecule has 4 unspecified atom stereocenters. The number of rotatable bonds is 5. The number of carbonyl (C=O) groups excluding carboxylic acids is 2. The summed E-state index contributed by atoms with van der Waals surface area (Å²) in [5.74, 6) is -2.48. The zero-order valence-electron chi connectivity index (χ0n) is 9.89. The van der Waals surface area contributed by atoms with Crippen molar-refractivity contribution in [3.8, 4) is 0 Å². The Morgan fingerprint density at radius 1 is 1.39 bits per heavy atom. The van der Waals surface area contributed by atoms with Crippen LogP contribution in [0.1, 0.15) is 25.7 Å². The third-order valence-electron chi connectivity index (χ3n) is 3.66. The molecule has 2 fully saturated rings. The van der Waals surface area contributed by atoms with Gasteiger partial charge in [-0.1, -0.05) is 0 Å². The Hall–Kier alpha value is -1.63. The van der Waals surface area contributed by atoms with Crippen molar-refractivity contribution in [3.63, 3.8) is 0 Å². The van der Waals surface area contributed by atoms with Crippen LogP contribution in [0.15, 0.2) is 0 Å². The van der Waals surface area contributed by atoms with E-state index in [0.29, 0.717) is 6.04 Å². The highest BCUT2D eigenvalue weighted by molar-refractivity contribution is 5.89. The molecule has 100 valence electrons. The molecule has 18 heavy (non-hydrogen) atoms. The van der Waals surface area contributed by atoms with E-state index in [2.05, 4.69) is 10.6 Å². The lowest BCUT2D eigenvalue weighted by Crippen LogP contribution is -2.47. The van der Waals surface area contributed by atoms with Crippen LogP contribution in [0.25, 0.3) is 0 Å². The Bertz CT molecular complexity index is 384. The average Bonchev–Trinajstić information content (AvgIpc) is 2.88. The number of carboxylic acid groups (broad SMARTS) is 1. The minimum atomic E-state index is -1.24. The molecule has 2 bridgehead atoms. The van der Waals surface area contributed by atoms with Gasteiger partial charge in [0.1, 0.15) is 6.04 Å². The lowest BCUT2D eigenvalue weighted by atomic mass is 9.88. The maximum absolute atomic E-state index is 12.0. The number of carbonyl (C=O) groups is 3. The average molecular weight is 255 g/mol. The molecule has 0 radical (unpaired) electrons. The Labute approximate surface area is 104 Å². The molecule has 2 saturated heterocycles. The molecule has 0 aromatic carbocycles. The predicted molar refractivity (Wildman–Crippen MR) is 61.4 cm³/mol. The van der Waals surface area contributed by atoms with Crippen LogP contribution in [0.5, 0.6) is 0 Å². The summed E-state index contributed by atoms with van der Waals surface area (Å²) >= 11 is 0. The molecule has 0 aromatic heterocycles. The minimum absolute atomic E-state index is 0.137. The molecular weight excluding hydrogens is 238 g/mol. The second kappa shape index (κ2) is 4.93. The molecule has 0 saturated carbocycles. The number of hydrogen-bond donors (Lipinski definition) is 4. The molecular formula is C11H17N3O4. The number of carboxylic acids is 1. The highest BCUT2D eigenvalue weighted by Crippen LogP contribution is 2.33. The van der Waals surface area contributed by atoms with E-state index in [1.165, 1.54) is 0 Å². The van der Waals surface area contributed by atoms with Crippen molar-refractivity contribution in [2.24, 2.45) is 11.7 Å². The smallest absolute Gasteiger partial charge is 0.326 e. The van der Waals surface area contributed by atoms with Gasteiger partial charge in [0.15, 0.2) is 0 Å². The fourth-order valence-corrected chi connectivity index (χ4v) is 2.79. The van der Waals surface area contributed by atoms with Crippen LogP contribution in [0.2, 0.25) is 0 Å². The minimum Gasteiger partial charge on any atom is -0.480 e. The van der Waals surface area contributed by atoms with Crippen molar-refractivity contribution in [2.75, 3.05) is 0 Å². The fraction of sp³-hybridized carbons (Fsp3) is 0.727. The Morgan fingerprint density at radius 2 is 2.11 bits per heavy atom. The van der Waals surface area contributed by atoms with Gasteiger partial charge in [-0.15, -0.1) is 0 Å². The van der Waals surface area contributed by atoms with Crippen LogP contribution in [0, 0.1) is 5.92 Å². The van der Waals surface area contributed by atoms with Crippen LogP contribution in [0.4, 0.5) is 0 Å². The number of aliphatic carboxylic acids is 1. The molecule has 2 amide bonds. The molecule has 0 aromatic rings. The highest BCUT2D eigenvalue weighted by Gasteiger charge is 2.43. The van der Waals surface area contributed by atoms with Gasteiger partial charge >= 0.3 is 5.97 Å². The summed E-state index contributed by atoms with van der Waals surface area (Å²) < 4.78 is 0. The van der Waals surface area contributed by atoms with E-state index in [4.69, 9.17) is 10.8 Å². The Balaban J connectivity index is 1.92. The molecule has 0 aliphatic carbocycles. The topological polar surface area (TPSA) is 122 Å². The van der Waals surface area contributed by atoms with Crippen molar-refractivity contribution < 1.29 is 19.5 Å². The van der Waals surface area contributed by atoms with Crippen molar-refractivity contribution in [1.29, 1.82) is 0 Å².